The Labute approximate surface area is 160 Å². The second kappa shape index (κ2) is 6.12. The normalized spacial score (nSPS) is 33.9. The summed E-state index contributed by atoms with van der Waals surface area (Å²) in [7, 11) is 0. The molecule has 3 aliphatic heterocycles. The summed E-state index contributed by atoms with van der Waals surface area (Å²) in [4.78, 5) is 7.39. The van der Waals surface area contributed by atoms with Gasteiger partial charge in [-0.25, -0.2) is 0 Å². The quantitative estimate of drug-likeness (QED) is 0.740. The molecule has 0 bridgehead atoms. The number of furan rings is 1. The van der Waals surface area contributed by atoms with Gasteiger partial charge in [-0.05, 0) is 67.4 Å². The Balaban J connectivity index is 1.48. The third-order valence-corrected chi connectivity index (χ3v) is 7.25. The number of hydrogen-bond acceptors (Lipinski definition) is 3. The number of rotatable bonds is 2. The Morgan fingerprint density at radius 3 is 3.11 bits per heavy atom. The average Bonchev–Trinajstić information content (AvgIpc) is 3.29. The Morgan fingerprint density at radius 1 is 1.19 bits per heavy atom. The Hall–Kier alpha value is -2.29. The van der Waals surface area contributed by atoms with E-state index in [9.17, 15) is 0 Å². The molecule has 27 heavy (non-hydrogen) atoms. The van der Waals surface area contributed by atoms with Crippen LogP contribution in [0.5, 0.6) is 0 Å². The fraction of sp³-hybridized carbons (Fsp3) is 0.458. The smallest absolute Gasteiger partial charge is 0.104 e. The van der Waals surface area contributed by atoms with Gasteiger partial charge in [0.25, 0.3) is 0 Å². The predicted molar refractivity (Wildman–Crippen MR) is 107 cm³/mol. The molecule has 4 atom stereocenters. The molecule has 2 aliphatic carbocycles. The standard InChI is InChI=1S/C24H26N2O/c1-2-6-22-16(4-1)7-9-19-17(14-18-5-3-13-27-18)8-10-20-21-15-25-12-11-23(21)26(22)24(19)20/h1,3-5,7,11-13,17,20-22H,2,6,8-10,14-15H2/t17?,20-,21-,22?/m1/s1. The molecule has 0 amide bonds. The molecule has 0 radical (unpaired) electrons. The number of fused-ring (bicyclic) bond motifs is 5. The average molecular weight is 358 g/mol. The first-order valence-corrected chi connectivity index (χ1v) is 10.5. The molecule has 3 nitrogen and oxygen atoms in total. The van der Waals surface area contributed by atoms with Crippen LogP contribution in [0.25, 0.3) is 0 Å². The highest BCUT2D eigenvalue weighted by atomic mass is 16.3. The second-order valence-corrected chi connectivity index (χ2v) is 8.56. The molecular weight excluding hydrogens is 332 g/mol. The number of allylic oxidation sites excluding steroid dienone is 5. The van der Waals surface area contributed by atoms with Gasteiger partial charge in [0.1, 0.15) is 5.76 Å². The second-order valence-electron chi connectivity index (χ2n) is 8.56. The number of nitrogens with zero attached hydrogens (tertiary/aromatic N) is 2. The summed E-state index contributed by atoms with van der Waals surface area (Å²) in [6.07, 6.45) is 20.5. The number of dihydropyridines is 1. The molecule has 4 heterocycles. The van der Waals surface area contributed by atoms with E-state index in [1.165, 1.54) is 37.0 Å². The lowest BCUT2D eigenvalue weighted by Crippen LogP contribution is -2.35. The fourth-order valence-electron chi connectivity index (χ4n) is 6.09. The summed E-state index contributed by atoms with van der Waals surface area (Å²) in [5.41, 5.74) is 6.39. The van der Waals surface area contributed by atoms with E-state index < -0.39 is 0 Å². The Kier molecular flexibility index (Phi) is 3.57. The van der Waals surface area contributed by atoms with Crippen LogP contribution in [0, 0.1) is 17.8 Å². The van der Waals surface area contributed by atoms with Crippen molar-refractivity contribution in [3.8, 4) is 0 Å². The predicted octanol–water partition coefficient (Wildman–Crippen LogP) is 5.05. The van der Waals surface area contributed by atoms with Crippen molar-refractivity contribution in [2.75, 3.05) is 6.54 Å². The lowest BCUT2D eigenvalue weighted by molar-refractivity contribution is 0.313. The van der Waals surface area contributed by atoms with Crippen LogP contribution in [-0.2, 0) is 6.42 Å². The van der Waals surface area contributed by atoms with E-state index in [-0.39, 0.29) is 0 Å². The van der Waals surface area contributed by atoms with Crippen LogP contribution < -0.4 is 0 Å². The summed E-state index contributed by atoms with van der Waals surface area (Å²) >= 11 is 0. The van der Waals surface area contributed by atoms with E-state index >= 15 is 0 Å². The molecule has 1 aromatic heterocycles. The maximum atomic E-state index is 5.71. The molecule has 0 aromatic carbocycles. The topological polar surface area (TPSA) is 28.7 Å². The first kappa shape index (κ1) is 15.7. The molecule has 1 fully saturated rings. The van der Waals surface area contributed by atoms with Crippen LogP contribution in [0.3, 0.4) is 0 Å². The van der Waals surface area contributed by atoms with E-state index in [4.69, 9.17) is 4.42 Å². The molecule has 1 saturated heterocycles. The highest BCUT2D eigenvalue weighted by molar-refractivity contribution is 5.74. The van der Waals surface area contributed by atoms with Gasteiger partial charge in [-0.3, -0.25) is 4.99 Å². The minimum absolute atomic E-state index is 0.523. The lowest BCUT2D eigenvalue weighted by atomic mass is 9.74. The molecule has 0 N–H and O–H groups in total. The minimum atomic E-state index is 0.523. The van der Waals surface area contributed by atoms with Crippen molar-refractivity contribution in [2.24, 2.45) is 22.7 Å². The highest BCUT2D eigenvalue weighted by Crippen LogP contribution is 2.55. The number of aliphatic imine (C=N–C) groups is 1. The van der Waals surface area contributed by atoms with Crippen LogP contribution in [0.2, 0.25) is 0 Å². The van der Waals surface area contributed by atoms with Crippen molar-refractivity contribution in [3.05, 3.63) is 71.0 Å². The summed E-state index contributed by atoms with van der Waals surface area (Å²) in [5.74, 6) is 2.99. The maximum Gasteiger partial charge on any atom is 0.104 e. The number of hydrogen-bond donors (Lipinski definition) is 0. The molecule has 2 unspecified atom stereocenters. The summed E-state index contributed by atoms with van der Waals surface area (Å²) < 4.78 is 5.71. The molecular formula is C24H26N2O. The fourth-order valence-corrected chi connectivity index (χ4v) is 6.09. The molecule has 3 heteroatoms. The van der Waals surface area contributed by atoms with Crippen molar-refractivity contribution < 1.29 is 4.42 Å². The zero-order valence-corrected chi connectivity index (χ0v) is 15.7. The SMILES string of the molecule is C1=CC2=CCC3=C4[C@H](CCC3Cc3ccco3)[C@H]3CN=CC=C3N4C2CC1. The molecule has 138 valence electrons. The van der Waals surface area contributed by atoms with Crippen LogP contribution in [0.4, 0.5) is 0 Å². The minimum Gasteiger partial charge on any atom is -0.469 e. The summed E-state index contributed by atoms with van der Waals surface area (Å²) in [5, 5.41) is 0. The van der Waals surface area contributed by atoms with E-state index in [2.05, 4.69) is 40.3 Å². The molecule has 0 spiro atoms. The summed E-state index contributed by atoms with van der Waals surface area (Å²) in [6.45, 7) is 0.967. The molecule has 1 aromatic rings. The van der Waals surface area contributed by atoms with Gasteiger partial charge in [-0.1, -0.05) is 18.2 Å². The zero-order chi connectivity index (χ0) is 17.8. The lowest BCUT2D eigenvalue weighted by Gasteiger charge is -2.37. The molecule has 6 rings (SSSR count). The molecule has 5 aliphatic rings. The maximum absolute atomic E-state index is 5.71. The van der Waals surface area contributed by atoms with Gasteiger partial charge in [-0.2, -0.15) is 0 Å². The van der Waals surface area contributed by atoms with Crippen LogP contribution in [0.15, 0.2) is 74.6 Å². The van der Waals surface area contributed by atoms with Gasteiger partial charge in [0, 0.05) is 42.4 Å². The van der Waals surface area contributed by atoms with Crippen LogP contribution >= 0.6 is 0 Å². The Bertz CT molecular complexity index is 899. The van der Waals surface area contributed by atoms with Gasteiger partial charge in [0.2, 0.25) is 0 Å². The van der Waals surface area contributed by atoms with E-state index in [0.717, 1.165) is 25.1 Å². The van der Waals surface area contributed by atoms with Crippen LogP contribution in [-0.4, -0.2) is 23.7 Å². The first-order valence-electron chi connectivity index (χ1n) is 10.5. The van der Waals surface area contributed by atoms with Gasteiger partial charge in [-0.15, -0.1) is 0 Å². The van der Waals surface area contributed by atoms with Gasteiger partial charge in [0.15, 0.2) is 0 Å². The van der Waals surface area contributed by atoms with Gasteiger partial charge < -0.3 is 9.32 Å². The van der Waals surface area contributed by atoms with E-state index in [1.807, 2.05) is 18.5 Å². The third kappa shape index (κ3) is 2.37. The summed E-state index contributed by atoms with van der Waals surface area (Å²) in [6, 6.07) is 4.68. The van der Waals surface area contributed by atoms with Gasteiger partial charge in [0.05, 0.1) is 12.3 Å². The largest absolute Gasteiger partial charge is 0.469 e. The van der Waals surface area contributed by atoms with Crippen molar-refractivity contribution >= 4 is 6.21 Å². The molecule has 0 saturated carbocycles. The Morgan fingerprint density at radius 2 is 2.19 bits per heavy atom. The van der Waals surface area contributed by atoms with Crippen molar-refractivity contribution in [1.82, 2.24) is 4.90 Å². The van der Waals surface area contributed by atoms with E-state index in [0.29, 0.717) is 23.8 Å². The zero-order valence-electron chi connectivity index (χ0n) is 15.7. The van der Waals surface area contributed by atoms with E-state index in [1.54, 1.807) is 11.3 Å². The third-order valence-electron chi connectivity index (χ3n) is 7.25. The van der Waals surface area contributed by atoms with Crippen molar-refractivity contribution in [1.29, 1.82) is 0 Å². The highest BCUT2D eigenvalue weighted by Gasteiger charge is 2.49. The van der Waals surface area contributed by atoms with Gasteiger partial charge >= 0.3 is 0 Å². The van der Waals surface area contributed by atoms with Crippen molar-refractivity contribution in [3.63, 3.8) is 0 Å². The van der Waals surface area contributed by atoms with Crippen molar-refractivity contribution in [2.45, 2.75) is 44.6 Å². The monoisotopic (exact) mass is 358 g/mol. The van der Waals surface area contributed by atoms with Crippen LogP contribution in [0.1, 0.15) is 37.9 Å². The first-order chi connectivity index (χ1) is 13.4.